The molecule has 2 atom stereocenters. The van der Waals surface area contributed by atoms with Crippen LogP contribution in [-0.4, -0.2) is 54.9 Å². The minimum atomic E-state index is -0.314. The molecule has 4 aliphatic rings. The zero-order valence-corrected chi connectivity index (χ0v) is 18.8. The summed E-state index contributed by atoms with van der Waals surface area (Å²) in [5, 5.41) is 0. The van der Waals surface area contributed by atoms with Crippen LogP contribution in [0.1, 0.15) is 71.3 Å². The fourth-order valence-electron chi connectivity index (χ4n) is 5.38. The molecule has 1 saturated carbocycles. The van der Waals surface area contributed by atoms with E-state index >= 15 is 0 Å². The van der Waals surface area contributed by atoms with Crippen molar-refractivity contribution in [3.8, 4) is 0 Å². The smallest absolute Gasteiger partial charge is 0.399 e. The SMILES string of the molecule is CC1(C)OB(c2ccc(C3CC34CCN(C(=O)[C@H]3CCCO3)CC4)cc2)OC1(C)C. The Kier molecular flexibility index (Phi) is 4.84. The van der Waals surface area contributed by atoms with Crippen LogP contribution in [0.4, 0.5) is 0 Å². The predicted octanol–water partition coefficient (Wildman–Crippen LogP) is 3.26. The van der Waals surface area contributed by atoms with Crippen LogP contribution in [-0.2, 0) is 18.8 Å². The number of carbonyl (C=O) groups excluding carboxylic acids is 1. The van der Waals surface area contributed by atoms with Crippen molar-refractivity contribution in [2.45, 2.75) is 83.0 Å². The van der Waals surface area contributed by atoms with Crippen molar-refractivity contribution >= 4 is 18.5 Å². The van der Waals surface area contributed by atoms with E-state index in [0.717, 1.165) is 50.8 Å². The zero-order valence-electron chi connectivity index (χ0n) is 18.8. The van der Waals surface area contributed by atoms with Crippen molar-refractivity contribution in [2.75, 3.05) is 19.7 Å². The van der Waals surface area contributed by atoms with Gasteiger partial charge in [-0.25, -0.2) is 0 Å². The normalized spacial score (nSPS) is 31.3. The Morgan fingerprint density at radius 1 is 1.03 bits per heavy atom. The van der Waals surface area contributed by atoms with Crippen molar-refractivity contribution in [3.63, 3.8) is 0 Å². The summed E-state index contributed by atoms with van der Waals surface area (Å²) in [5.41, 5.74) is 2.26. The summed E-state index contributed by atoms with van der Waals surface area (Å²) in [6.07, 6.45) is 5.17. The molecular formula is C24H34BNO4. The molecule has 1 aromatic carbocycles. The monoisotopic (exact) mass is 411 g/mol. The Morgan fingerprint density at radius 2 is 1.67 bits per heavy atom. The van der Waals surface area contributed by atoms with E-state index < -0.39 is 0 Å². The number of rotatable bonds is 3. The van der Waals surface area contributed by atoms with Gasteiger partial charge < -0.3 is 18.9 Å². The summed E-state index contributed by atoms with van der Waals surface area (Å²) in [4.78, 5) is 14.7. The molecule has 30 heavy (non-hydrogen) atoms. The number of piperidine rings is 1. The lowest BCUT2D eigenvalue weighted by molar-refractivity contribution is -0.142. The average Bonchev–Trinajstić information content (AvgIpc) is 3.06. The minimum Gasteiger partial charge on any atom is -0.399 e. The lowest BCUT2D eigenvalue weighted by Gasteiger charge is -2.34. The van der Waals surface area contributed by atoms with Crippen LogP contribution in [0.3, 0.4) is 0 Å². The van der Waals surface area contributed by atoms with Crippen molar-refractivity contribution in [2.24, 2.45) is 5.41 Å². The van der Waals surface area contributed by atoms with E-state index in [4.69, 9.17) is 14.0 Å². The van der Waals surface area contributed by atoms with Crippen molar-refractivity contribution in [1.82, 2.24) is 4.90 Å². The fraction of sp³-hybridized carbons (Fsp3) is 0.708. The van der Waals surface area contributed by atoms with Crippen molar-refractivity contribution in [1.29, 1.82) is 0 Å². The van der Waals surface area contributed by atoms with Gasteiger partial charge in [-0.2, -0.15) is 0 Å². The molecule has 0 radical (unpaired) electrons. The first-order valence-corrected chi connectivity index (χ1v) is 11.6. The molecule has 0 aromatic heterocycles. The number of benzene rings is 1. The highest BCUT2D eigenvalue weighted by Gasteiger charge is 2.56. The van der Waals surface area contributed by atoms with Gasteiger partial charge in [0.05, 0.1) is 11.2 Å². The van der Waals surface area contributed by atoms with E-state index in [2.05, 4.69) is 52.0 Å². The molecule has 1 aromatic rings. The lowest BCUT2D eigenvalue weighted by atomic mass is 9.78. The number of likely N-dealkylation sites (tertiary alicyclic amines) is 1. The van der Waals surface area contributed by atoms with Crippen LogP contribution < -0.4 is 5.46 Å². The molecular weight excluding hydrogens is 377 g/mol. The third-order valence-electron chi connectivity index (χ3n) is 8.33. The predicted molar refractivity (Wildman–Crippen MR) is 117 cm³/mol. The first kappa shape index (κ1) is 20.5. The van der Waals surface area contributed by atoms with Gasteiger partial charge in [-0.3, -0.25) is 4.79 Å². The molecule has 0 bridgehead atoms. The second-order valence-electron chi connectivity index (χ2n) is 10.7. The van der Waals surface area contributed by atoms with Crippen LogP contribution in [0.15, 0.2) is 24.3 Å². The van der Waals surface area contributed by atoms with Crippen LogP contribution in [0, 0.1) is 5.41 Å². The largest absolute Gasteiger partial charge is 0.494 e. The standard InChI is InChI=1S/C24H34BNO4/c1-22(2)23(3,4)30-25(29-22)18-9-7-17(8-10-18)19-16-24(19)11-13-26(14-12-24)21(27)20-6-5-15-28-20/h7-10,19-20H,5-6,11-16H2,1-4H3/t19?,20-/m1/s1. The van der Waals surface area contributed by atoms with Gasteiger partial charge in [-0.05, 0) is 82.2 Å². The van der Waals surface area contributed by atoms with Gasteiger partial charge in [0.2, 0.25) is 0 Å². The van der Waals surface area contributed by atoms with Gasteiger partial charge in [0, 0.05) is 19.7 Å². The van der Waals surface area contributed by atoms with E-state index in [9.17, 15) is 4.79 Å². The zero-order chi connectivity index (χ0) is 21.1. The molecule has 1 aliphatic carbocycles. The number of hydrogen-bond donors (Lipinski definition) is 0. The summed E-state index contributed by atoms with van der Waals surface area (Å²) in [5.74, 6) is 0.830. The molecule has 3 aliphatic heterocycles. The lowest BCUT2D eigenvalue weighted by Crippen LogP contribution is -2.44. The Balaban J connectivity index is 1.19. The van der Waals surface area contributed by atoms with E-state index in [1.165, 1.54) is 12.0 Å². The van der Waals surface area contributed by atoms with E-state index in [1.54, 1.807) is 0 Å². The van der Waals surface area contributed by atoms with Crippen LogP contribution in [0.2, 0.25) is 0 Å². The number of nitrogens with zero attached hydrogens (tertiary/aromatic N) is 1. The maximum absolute atomic E-state index is 12.6. The number of carbonyl (C=O) groups is 1. The second-order valence-corrected chi connectivity index (χ2v) is 10.7. The molecule has 1 amide bonds. The number of hydrogen-bond acceptors (Lipinski definition) is 4. The first-order valence-electron chi connectivity index (χ1n) is 11.6. The Morgan fingerprint density at radius 3 is 2.23 bits per heavy atom. The molecule has 1 unspecified atom stereocenters. The Bertz CT molecular complexity index is 791. The topological polar surface area (TPSA) is 48.0 Å². The highest BCUT2D eigenvalue weighted by molar-refractivity contribution is 6.62. The maximum atomic E-state index is 12.6. The number of amides is 1. The molecule has 1 spiro atoms. The third-order valence-corrected chi connectivity index (χ3v) is 8.33. The minimum absolute atomic E-state index is 0.184. The van der Waals surface area contributed by atoms with Gasteiger partial charge in [-0.1, -0.05) is 24.3 Å². The number of ether oxygens (including phenoxy) is 1. The average molecular weight is 411 g/mol. The van der Waals surface area contributed by atoms with Crippen LogP contribution in [0.25, 0.3) is 0 Å². The van der Waals surface area contributed by atoms with E-state index in [0.29, 0.717) is 11.3 Å². The van der Waals surface area contributed by atoms with E-state index in [-0.39, 0.29) is 30.3 Å². The molecule has 3 heterocycles. The molecule has 5 nitrogen and oxygen atoms in total. The molecule has 162 valence electrons. The third kappa shape index (κ3) is 3.41. The van der Waals surface area contributed by atoms with Crippen molar-refractivity contribution < 1.29 is 18.8 Å². The summed E-state index contributed by atoms with van der Waals surface area (Å²) in [7, 11) is -0.302. The highest BCUT2D eigenvalue weighted by Crippen LogP contribution is 2.64. The molecule has 5 rings (SSSR count). The van der Waals surface area contributed by atoms with Crippen LogP contribution in [0.5, 0.6) is 0 Å². The van der Waals surface area contributed by atoms with Gasteiger partial charge in [-0.15, -0.1) is 0 Å². The fourth-order valence-corrected chi connectivity index (χ4v) is 5.38. The Hall–Kier alpha value is -1.37. The summed E-state index contributed by atoms with van der Waals surface area (Å²) >= 11 is 0. The Labute approximate surface area is 180 Å². The first-order chi connectivity index (χ1) is 14.2. The highest BCUT2D eigenvalue weighted by atomic mass is 16.7. The van der Waals surface area contributed by atoms with Gasteiger partial charge in [0.1, 0.15) is 6.10 Å². The molecule has 0 N–H and O–H groups in total. The van der Waals surface area contributed by atoms with Crippen LogP contribution >= 0.6 is 0 Å². The molecule has 6 heteroatoms. The van der Waals surface area contributed by atoms with E-state index in [1.807, 2.05) is 4.90 Å². The quantitative estimate of drug-likeness (QED) is 0.717. The summed E-state index contributed by atoms with van der Waals surface area (Å²) < 4.78 is 18.0. The summed E-state index contributed by atoms with van der Waals surface area (Å²) in [6, 6.07) is 8.84. The van der Waals surface area contributed by atoms with Gasteiger partial charge in [0.25, 0.3) is 5.91 Å². The molecule has 4 fully saturated rings. The molecule has 3 saturated heterocycles. The van der Waals surface area contributed by atoms with Gasteiger partial charge in [0.15, 0.2) is 0 Å². The van der Waals surface area contributed by atoms with Crippen molar-refractivity contribution in [3.05, 3.63) is 29.8 Å². The summed E-state index contributed by atoms with van der Waals surface area (Å²) in [6.45, 7) is 10.8. The van der Waals surface area contributed by atoms with Gasteiger partial charge >= 0.3 is 7.12 Å². The second kappa shape index (κ2) is 7.08. The maximum Gasteiger partial charge on any atom is 0.494 e.